The number of carbonyl (C=O) groups is 4. The van der Waals surface area contributed by atoms with Gasteiger partial charge in [-0.3, -0.25) is 19.7 Å². The number of carbonyl (C=O) groups excluding carboxylic acids is 4. The second-order valence-corrected chi connectivity index (χ2v) is 6.44. The molecule has 1 aromatic rings. The van der Waals surface area contributed by atoms with Crippen LogP contribution < -0.4 is 5.32 Å². The molecule has 24 heavy (non-hydrogen) atoms. The van der Waals surface area contributed by atoms with Crippen LogP contribution in [0.3, 0.4) is 0 Å². The number of barbiturate groups is 1. The van der Waals surface area contributed by atoms with E-state index in [1.165, 1.54) is 12.1 Å². The molecule has 2 rings (SSSR count). The molecule has 1 unspecified atom stereocenters. The summed E-state index contributed by atoms with van der Waals surface area (Å²) in [6, 6.07) is 7.11. The molecule has 0 bridgehead atoms. The minimum atomic E-state index is -1.37. The average Bonchev–Trinajstić information content (AvgIpc) is 2.55. The van der Waals surface area contributed by atoms with Crippen molar-refractivity contribution in [2.24, 2.45) is 11.3 Å². The van der Waals surface area contributed by atoms with E-state index in [0.29, 0.717) is 23.7 Å². The summed E-state index contributed by atoms with van der Waals surface area (Å²) in [6.07, 6.45) is 1.18. The fourth-order valence-corrected chi connectivity index (χ4v) is 2.81. The van der Waals surface area contributed by atoms with E-state index in [4.69, 9.17) is 0 Å². The Labute approximate surface area is 141 Å². The van der Waals surface area contributed by atoms with Gasteiger partial charge in [0, 0.05) is 5.56 Å². The Morgan fingerprint density at radius 2 is 1.79 bits per heavy atom. The molecule has 0 radical (unpaired) electrons. The highest BCUT2D eigenvalue weighted by molar-refractivity contribution is 6.27. The third kappa shape index (κ3) is 3.09. The standard InChI is InChI=1S/C18H22N2O4/c1-4-18(11-10-12(2)3)15(22)19-17(24)20(16(18)23)14(21)13-8-6-5-7-9-13/h5-9,12H,4,10-11H2,1-3H3,(H,19,22,24). The van der Waals surface area contributed by atoms with Gasteiger partial charge in [-0.15, -0.1) is 0 Å². The van der Waals surface area contributed by atoms with Gasteiger partial charge in [0.1, 0.15) is 5.41 Å². The number of hydrogen-bond acceptors (Lipinski definition) is 4. The molecule has 0 saturated carbocycles. The van der Waals surface area contributed by atoms with Crippen molar-refractivity contribution < 1.29 is 19.2 Å². The molecule has 1 N–H and O–H groups in total. The average molecular weight is 330 g/mol. The molecular weight excluding hydrogens is 308 g/mol. The summed E-state index contributed by atoms with van der Waals surface area (Å²) in [7, 11) is 0. The summed E-state index contributed by atoms with van der Waals surface area (Å²) in [5.74, 6) is -1.76. The van der Waals surface area contributed by atoms with Crippen LogP contribution in [0.15, 0.2) is 30.3 Å². The van der Waals surface area contributed by atoms with Gasteiger partial charge in [0.2, 0.25) is 5.91 Å². The van der Waals surface area contributed by atoms with Gasteiger partial charge in [0.25, 0.3) is 11.8 Å². The molecule has 6 nitrogen and oxygen atoms in total. The fraction of sp³-hybridized carbons (Fsp3) is 0.444. The maximum Gasteiger partial charge on any atom is 0.338 e. The summed E-state index contributed by atoms with van der Waals surface area (Å²) in [5.41, 5.74) is -1.15. The van der Waals surface area contributed by atoms with Crippen molar-refractivity contribution in [3.05, 3.63) is 35.9 Å². The van der Waals surface area contributed by atoms with Crippen molar-refractivity contribution >= 4 is 23.8 Å². The maximum atomic E-state index is 13.0. The summed E-state index contributed by atoms with van der Waals surface area (Å²) < 4.78 is 0. The van der Waals surface area contributed by atoms with E-state index in [0.717, 1.165) is 0 Å². The highest BCUT2D eigenvalue weighted by Gasteiger charge is 2.54. The summed E-state index contributed by atoms with van der Waals surface area (Å²) >= 11 is 0. The van der Waals surface area contributed by atoms with Crippen molar-refractivity contribution in [1.82, 2.24) is 10.2 Å². The molecule has 6 heteroatoms. The topological polar surface area (TPSA) is 83.6 Å². The van der Waals surface area contributed by atoms with E-state index < -0.39 is 29.2 Å². The molecule has 0 aliphatic carbocycles. The van der Waals surface area contributed by atoms with E-state index in [2.05, 4.69) is 5.32 Å². The van der Waals surface area contributed by atoms with E-state index in [9.17, 15) is 19.2 Å². The highest BCUT2D eigenvalue weighted by Crippen LogP contribution is 2.35. The highest BCUT2D eigenvalue weighted by atomic mass is 16.2. The van der Waals surface area contributed by atoms with Gasteiger partial charge in [-0.25, -0.2) is 4.79 Å². The predicted octanol–water partition coefficient (Wildman–Crippen LogP) is 2.74. The van der Waals surface area contributed by atoms with Crippen LogP contribution in [0.25, 0.3) is 0 Å². The van der Waals surface area contributed by atoms with Crippen LogP contribution >= 0.6 is 0 Å². The first kappa shape index (κ1) is 17.8. The molecule has 1 atom stereocenters. The van der Waals surface area contributed by atoms with Crippen LogP contribution in [0.2, 0.25) is 0 Å². The molecule has 1 aromatic carbocycles. The van der Waals surface area contributed by atoms with Gasteiger partial charge in [-0.1, -0.05) is 39.0 Å². The van der Waals surface area contributed by atoms with Gasteiger partial charge >= 0.3 is 6.03 Å². The van der Waals surface area contributed by atoms with Crippen LogP contribution in [-0.4, -0.2) is 28.7 Å². The Bertz CT molecular complexity index is 669. The van der Waals surface area contributed by atoms with E-state index >= 15 is 0 Å². The van der Waals surface area contributed by atoms with Crippen LogP contribution in [-0.2, 0) is 9.59 Å². The predicted molar refractivity (Wildman–Crippen MR) is 88.0 cm³/mol. The second kappa shape index (κ2) is 6.95. The number of nitrogens with zero attached hydrogens (tertiary/aromatic N) is 1. The van der Waals surface area contributed by atoms with Gasteiger partial charge in [0.05, 0.1) is 0 Å². The quantitative estimate of drug-likeness (QED) is 0.664. The molecule has 5 amide bonds. The van der Waals surface area contributed by atoms with Crippen molar-refractivity contribution in [2.45, 2.75) is 40.0 Å². The monoisotopic (exact) mass is 330 g/mol. The SMILES string of the molecule is CCC1(CCC(C)C)C(=O)NC(=O)N(C(=O)c2ccccc2)C1=O. The normalized spacial score (nSPS) is 21.2. The van der Waals surface area contributed by atoms with E-state index in [1.807, 2.05) is 13.8 Å². The zero-order valence-electron chi connectivity index (χ0n) is 14.2. The Kier molecular flexibility index (Phi) is 5.17. The lowest BCUT2D eigenvalue weighted by atomic mass is 9.75. The molecular formula is C18H22N2O4. The molecule has 0 aromatic heterocycles. The largest absolute Gasteiger partial charge is 0.338 e. The molecule has 1 aliphatic heterocycles. The Hall–Kier alpha value is -2.50. The number of amides is 5. The third-order valence-electron chi connectivity index (χ3n) is 4.45. The lowest BCUT2D eigenvalue weighted by Crippen LogP contribution is -2.65. The Morgan fingerprint density at radius 3 is 2.33 bits per heavy atom. The zero-order valence-corrected chi connectivity index (χ0v) is 14.2. The number of urea groups is 1. The van der Waals surface area contributed by atoms with Gasteiger partial charge in [-0.2, -0.15) is 4.90 Å². The first-order valence-electron chi connectivity index (χ1n) is 8.13. The molecule has 1 fully saturated rings. The van der Waals surface area contributed by atoms with Gasteiger partial charge < -0.3 is 0 Å². The van der Waals surface area contributed by atoms with Crippen molar-refractivity contribution in [2.75, 3.05) is 0 Å². The number of rotatable bonds is 5. The van der Waals surface area contributed by atoms with Crippen LogP contribution in [0.4, 0.5) is 4.79 Å². The Balaban J connectivity index is 2.38. The van der Waals surface area contributed by atoms with Crippen LogP contribution in [0.5, 0.6) is 0 Å². The summed E-state index contributed by atoms with van der Waals surface area (Å²) in [6.45, 7) is 5.71. The minimum absolute atomic E-state index is 0.226. The second-order valence-electron chi connectivity index (χ2n) is 6.44. The summed E-state index contributed by atoms with van der Waals surface area (Å²) in [5, 5.41) is 2.18. The lowest BCUT2D eigenvalue weighted by molar-refractivity contribution is -0.150. The molecule has 128 valence electrons. The van der Waals surface area contributed by atoms with Crippen molar-refractivity contribution in [1.29, 1.82) is 0 Å². The van der Waals surface area contributed by atoms with Crippen LogP contribution in [0, 0.1) is 11.3 Å². The number of benzene rings is 1. The number of hydrogen-bond donors (Lipinski definition) is 1. The molecule has 1 aliphatic rings. The Morgan fingerprint density at radius 1 is 1.17 bits per heavy atom. The zero-order chi connectivity index (χ0) is 17.9. The van der Waals surface area contributed by atoms with Gasteiger partial charge in [0.15, 0.2) is 0 Å². The first-order chi connectivity index (χ1) is 11.3. The maximum absolute atomic E-state index is 13.0. The minimum Gasteiger partial charge on any atom is -0.276 e. The number of nitrogens with one attached hydrogen (secondary N) is 1. The summed E-state index contributed by atoms with van der Waals surface area (Å²) in [4.78, 5) is 50.6. The molecule has 1 saturated heterocycles. The smallest absolute Gasteiger partial charge is 0.276 e. The van der Waals surface area contributed by atoms with E-state index in [-0.39, 0.29) is 12.0 Å². The van der Waals surface area contributed by atoms with Gasteiger partial charge in [-0.05, 0) is 37.3 Å². The molecule has 0 spiro atoms. The van der Waals surface area contributed by atoms with E-state index in [1.54, 1.807) is 25.1 Å². The first-order valence-corrected chi connectivity index (χ1v) is 8.13. The molecule has 1 heterocycles. The van der Waals surface area contributed by atoms with Crippen molar-refractivity contribution in [3.63, 3.8) is 0 Å². The lowest BCUT2D eigenvalue weighted by Gasteiger charge is -2.38. The third-order valence-corrected chi connectivity index (χ3v) is 4.45. The number of imide groups is 4. The fourth-order valence-electron chi connectivity index (χ4n) is 2.81. The van der Waals surface area contributed by atoms with Crippen LogP contribution in [0.1, 0.15) is 50.4 Å². The van der Waals surface area contributed by atoms with Crippen molar-refractivity contribution in [3.8, 4) is 0 Å².